The molecule has 4 rings (SSSR count). The summed E-state index contributed by atoms with van der Waals surface area (Å²) in [4.78, 5) is 65.1. The van der Waals surface area contributed by atoms with E-state index >= 15 is 0 Å². The number of nitrogens with zero attached hydrogens (tertiary/aromatic N) is 2. The lowest BCUT2D eigenvalue weighted by atomic mass is 9.78. The van der Waals surface area contributed by atoms with Gasteiger partial charge in [-0.25, -0.2) is 4.79 Å². The SMILES string of the molecule is CCN(C[C@H]1N[C@@](CC)(C(=O)OC)[C@H]2C(=O)N(Cc3ccccc3)C(=O)[C@@H]12)C(=O)COc1ccccc1.O=C(O)C(F)(F)F. The average Bonchev–Trinajstić information content (AvgIpc) is 3.48. The molecule has 0 unspecified atom stereocenters. The van der Waals surface area contributed by atoms with Gasteiger partial charge >= 0.3 is 18.1 Å². The maximum Gasteiger partial charge on any atom is 0.490 e. The first-order valence-corrected chi connectivity index (χ1v) is 13.8. The summed E-state index contributed by atoms with van der Waals surface area (Å²) in [5.41, 5.74) is -0.539. The fraction of sp³-hybridized carbons (Fsp3) is 0.433. The van der Waals surface area contributed by atoms with Gasteiger partial charge in [0.2, 0.25) is 11.8 Å². The van der Waals surface area contributed by atoms with Gasteiger partial charge in [-0.2, -0.15) is 13.2 Å². The van der Waals surface area contributed by atoms with Crippen LogP contribution >= 0.6 is 0 Å². The van der Waals surface area contributed by atoms with Gasteiger partial charge in [0.1, 0.15) is 11.3 Å². The second kappa shape index (κ2) is 14.3. The van der Waals surface area contributed by atoms with E-state index in [1.165, 1.54) is 12.0 Å². The number of benzene rings is 2. The smallest absolute Gasteiger partial charge is 0.484 e. The number of ether oxygens (including phenoxy) is 2. The summed E-state index contributed by atoms with van der Waals surface area (Å²) in [5.74, 6) is -5.48. The lowest BCUT2D eigenvalue weighted by Crippen LogP contribution is -2.58. The van der Waals surface area contributed by atoms with E-state index < -0.39 is 47.4 Å². The van der Waals surface area contributed by atoms with E-state index in [1.54, 1.807) is 24.0 Å². The largest absolute Gasteiger partial charge is 0.490 e. The molecule has 2 fully saturated rings. The Morgan fingerprint density at radius 3 is 2.07 bits per heavy atom. The summed E-state index contributed by atoms with van der Waals surface area (Å²) in [7, 11) is 1.27. The summed E-state index contributed by atoms with van der Waals surface area (Å²) in [6.45, 7) is 4.11. The van der Waals surface area contributed by atoms with Crippen molar-refractivity contribution in [2.45, 2.75) is 44.6 Å². The molecular formula is C30H34F3N3O8. The Kier molecular flexibility index (Phi) is 11.1. The van der Waals surface area contributed by atoms with Crippen LogP contribution in [0.4, 0.5) is 13.2 Å². The number of carbonyl (C=O) groups is 5. The van der Waals surface area contributed by atoms with Gasteiger partial charge in [-0.05, 0) is 31.0 Å². The number of para-hydroxylation sites is 1. The number of halogens is 3. The molecule has 14 heteroatoms. The molecule has 4 atom stereocenters. The lowest BCUT2D eigenvalue weighted by molar-refractivity contribution is -0.192. The minimum Gasteiger partial charge on any atom is -0.484 e. The van der Waals surface area contributed by atoms with Crippen molar-refractivity contribution >= 4 is 29.7 Å². The first-order chi connectivity index (χ1) is 20.8. The first kappa shape index (κ1) is 34.0. The molecule has 2 aromatic rings. The summed E-state index contributed by atoms with van der Waals surface area (Å²) < 4.78 is 42.5. The van der Waals surface area contributed by atoms with Crippen LogP contribution in [0.15, 0.2) is 60.7 Å². The maximum absolute atomic E-state index is 13.7. The number of hydrogen-bond acceptors (Lipinski definition) is 8. The predicted molar refractivity (Wildman–Crippen MR) is 149 cm³/mol. The zero-order valence-electron chi connectivity index (χ0n) is 24.4. The van der Waals surface area contributed by atoms with Gasteiger partial charge in [-0.3, -0.25) is 29.4 Å². The fourth-order valence-corrected chi connectivity index (χ4v) is 5.50. The van der Waals surface area contributed by atoms with Crippen LogP contribution < -0.4 is 10.1 Å². The number of rotatable bonds is 10. The highest BCUT2D eigenvalue weighted by Gasteiger charge is 2.67. The number of carboxylic acid groups (broad SMARTS) is 1. The number of fused-ring (bicyclic) bond motifs is 1. The van der Waals surface area contributed by atoms with Crippen LogP contribution in [-0.4, -0.2) is 89.1 Å². The van der Waals surface area contributed by atoms with Crippen LogP contribution in [0.25, 0.3) is 0 Å². The highest BCUT2D eigenvalue weighted by Crippen LogP contribution is 2.45. The molecular weight excluding hydrogens is 587 g/mol. The molecule has 238 valence electrons. The van der Waals surface area contributed by atoms with E-state index in [0.29, 0.717) is 12.3 Å². The number of imide groups is 1. The topological polar surface area (TPSA) is 143 Å². The van der Waals surface area contributed by atoms with Gasteiger partial charge in [0.15, 0.2) is 6.61 Å². The van der Waals surface area contributed by atoms with E-state index in [2.05, 4.69) is 5.32 Å². The van der Waals surface area contributed by atoms with Gasteiger partial charge in [0.05, 0.1) is 25.5 Å². The number of likely N-dealkylation sites (tertiary alicyclic amines) is 1. The molecule has 0 aliphatic carbocycles. The molecule has 0 saturated carbocycles. The highest BCUT2D eigenvalue weighted by molar-refractivity contribution is 6.09. The standard InChI is InChI=1S/C28H33N3O6.C2HF3O2/c1-4-28(27(35)36-3)24-23(25(33)31(26(24)34)16-19-12-8-6-9-13-19)21(29-28)17-30(5-2)22(32)18-37-20-14-10-7-11-15-20;3-2(4,5)1(6)7/h6-15,21,23-24,29H,4-5,16-18H2,1-3H3;(H,6,7)/t21-,23+,24-,28-;/m1./s1. The van der Waals surface area contributed by atoms with Crippen molar-refractivity contribution in [3.63, 3.8) is 0 Å². The molecule has 0 radical (unpaired) electrons. The third-order valence-electron chi connectivity index (χ3n) is 7.64. The third kappa shape index (κ3) is 7.36. The minimum absolute atomic E-state index is 0.126. The second-order valence-electron chi connectivity index (χ2n) is 10.2. The van der Waals surface area contributed by atoms with Crippen LogP contribution in [0.5, 0.6) is 5.75 Å². The number of nitrogens with one attached hydrogen (secondary N) is 1. The Labute approximate surface area is 251 Å². The molecule has 2 heterocycles. The Bertz CT molecular complexity index is 1340. The predicted octanol–water partition coefficient (Wildman–Crippen LogP) is 2.64. The van der Waals surface area contributed by atoms with Crippen LogP contribution in [0.3, 0.4) is 0 Å². The molecule has 0 aromatic heterocycles. The van der Waals surface area contributed by atoms with Crippen LogP contribution in [-0.2, 0) is 35.3 Å². The number of likely N-dealkylation sites (N-methyl/N-ethyl adjacent to an activating group) is 1. The Balaban J connectivity index is 0.000000676. The summed E-state index contributed by atoms with van der Waals surface area (Å²) in [6, 6.07) is 17.7. The number of aliphatic carboxylic acids is 1. The number of amides is 3. The van der Waals surface area contributed by atoms with E-state index in [9.17, 15) is 32.3 Å². The molecule has 2 saturated heterocycles. The maximum atomic E-state index is 13.7. The summed E-state index contributed by atoms with van der Waals surface area (Å²) in [5, 5.41) is 10.4. The molecule has 2 aliphatic rings. The van der Waals surface area contributed by atoms with Crippen molar-refractivity contribution in [3.8, 4) is 5.75 Å². The Morgan fingerprint density at radius 2 is 1.57 bits per heavy atom. The van der Waals surface area contributed by atoms with Gasteiger partial charge in [-0.15, -0.1) is 0 Å². The van der Waals surface area contributed by atoms with E-state index in [-0.39, 0.29) is 37.9 Å². The van der Waals surface area contributed by atoms with Crippen molar-refractivity contribution in [1.29, 1.82) is 0 Å². The molecule has 11 nitrogen and oxygen atoms in total. The Morgan fingerprint density at radius 1 is 1.00 bits per heavy atom. The highest BCUT2D eigenvalue weighted by atomic mass is 19.4. The second-order valence-corrected chi connectivity index (χ2v) is 10.2. The summed E-state index contributed by atoms with van der Waals surface area (Å²) >= 11 is 0. The average molecular weight is 622 g/mol. The third-order valence-corrected chi connectivity index (χ3v) is 7.64. The van der Waals surface area contributed by atoms with Gasteiger partial charge < -0.3 is 19.5 Å². The lowest BCUT2D eigenvalue weighted by Gasteiger charge is -2.32. The van der Waals surface area contributed by atoms with Crippen LogP contribution in [0, 0.1) is 11.8 Å². The zero-order valence-corrected chi connectivity index (χ0v) is 24.4. The number of esters is 1. The number of alkyl halides is 3. The van der Waals surface area contributed by atoms with Gasteiger partial charge in [0, 0.05) is 19.1 Å². The molecule has 2 aliphatic heterocycles. The van der Waals surface area contributed by atoms with E-state index in [0.717, 1.165) is 5.56 Å². The zero-order chi connectivity index (χ0) is 32.7. The van der Waals surface area contributed by atoms with Gasteiger partial charge in [0.25, 0.3) is 5.91 Å². The molecule has 2 aromatic carbocycles. The minimum atomic E-state index is -5.08. The van der Waals surface area contributed by atoms with Crippen molar-refractivity contribution < 1.29 is 51.7 Å². The van der Waals surface area contributed by atoms with E-state index in [1.807, 2.05) is 55.5 Å². The molecule has 44 heavy (non-hydrogen) atoms. The van der Waals surface area contributed by atoms with Crippen molar-refractivity contribution in [1.82, 2.24) is 15.1 Å². The van der Waals surface area contributed by atoms with Crippen LogP contribution in [0.2, 0.25) is 0 Å². The molecule has 3 amide bonds. The van der Waals surface area contributed by atoms with Crippen LogP contribution in [0.1, 0.15) is 25.8 Å². The van der Waals surface area contributed by atoms with Crippen molar-refractivity contribution in [3.05, 3.63) is 66.2 Å². The number of methoxy groups -OCH3 is 1. The van der Waals surface area contributed by atoms with Gasteiger partial charge in [-0.1, -0.05) is 55.5 Å². The fourth-order valence-electron chi connectivity index (χ4n) is 5.50. The van der Waals surface area contributed by atoms with Crippen molar-refractivity contribution in [2.75, 3.05) is 26.8 Å². The monoisotopic (exact) mass is 621 g/mol. The number of carbonyl (C=O) groups excluding carboxylic acids is 4. The molecule has 0 spiro atoms. The Hall–Kier alpha value is -4.46. The number of carboxylic acids is 1. The first-order valence-electron chi connectivity index (χ1n) is 13.8. The molecule has 0 bridgehead atoms. The number of hydrogen-bond donors (Lipinski definition) is 2. The summed E-state index contributed by atoms with van der Waals surface area (Å²) in [6.07, 6.45) is -4.83. The normalized spacial score (nSPS) is 22.5. The van der Waals surface area contributed by atoms with E-state index in [4.69, 9.17) is 19.4 Å². The quantitative estimate of drug-likeness (QED) is 0.302. The molecule has 2 N–H and O–H groups in total. The van der Waals surface area contributed by atoms with Crippen molar-refractivity contribution in [2.24, 2.45) is 11.8 Å².